The quantitative estimate of drug-likeness (QED) is 0.700. The van der Waals surface area contributed by atoms with Gasteiger partial charge in [-0.2, -0.15) is 0 Å². The van der Waals surface area contributed by atoms with Crippen molar-refractivity contribution >= 4 is 11.6 Å². The predicted octanol–water partition coefficient (Wildman–Crippen LogP) is 3.67. The number of halogens is 2. The molecule has 2 nitrogen and oxygen atoms in total. The monoisotopic (exact) mass is 287 g/mol. The third-order valence-corrected chi connectivity index (χ3v) is 3.50. The molecule has 0 aromatic heterocycles. The van der Waals surface area contributed by atoms with Gasteiger partial charge in [-0.25, -0.2) is 4.39 Å². The summed E-state index contributed by atoms with van der Waals surface area (Å²) in [6.07, 6.45) is 3.03. The van der Waals surface area contributed by atoms with Crippen molar-refractivity contribution < 1.29 is 9.13 Å². The molecule has 1 N–H and O–H groups in total. The number of hydrogen-bond acceptors (Lipinski definition) is 2. The Bertz CT molecular complexity index is 373. The highest BCUT2D eigenvalue weighted by Gasteiger charge is 2.11. The zero-order valence-corrected chi connectivity index (χ0v) is 12.5. The van der Waals surface area contributed by atoms with Gasteiger partial charge in [0.05, 0.1) is 6.61 Å². The van der Waals surface area contributed by atoms with Crippen LogP contribution in [0.2, 0.25) is 5.02 Å². The van der Waals surface area contributed by atoms with E-state index in [0.717, 1.165) is 37.9 Å². The number of ether oxygens (including phenoxy) is 1. The lowest BCUT2D eigenvalue weighted by Crippen LogP contribution is -2.27. The van der Waals surface area contributed by atoms with E-state index in [1.807, 2.05) is 0 Å². The molecule has 0 radical (unpaired) electrons. The molecule has 0 aliphatic heterocycles. The fourth-order valence-corrected chi connectivity index (χ4v) is 2.37. The van der Waals surface area contributed by atoms with Gasteiger partial charge in [0.1, 0.15) is 5.82 Å². The van der Waals surface area contributed by atoms with Gasteiger partial charge in [0.25, 0.3) is 0 Å². The molecular weight excluding hydrogens is 265 g/mol. The smallest absolute Gasteiger partial charge is 0.123 e. The fourth-order valence-electron chi connectivity index (χ4n) is 2.18. The molecule has 1 unspecified atom stereocenters. The van der Waals surface area contributed by atoms with Gasteiger partial charge in [0.15, 0.2) is 0 Å². The van der Waals surface area contributed by atoms with E-state index in [1.54, 1.807) is 19.2 Å². The zero-order chi connectivity index (χ0) is 14.1. The number of methoxy groups -OCH3 is 1. The molecule has 1 aromatic rings. The van der Waals surface area contributed by atoms with Crippen LogP contribution in [-0.2, 0) is 11.2 Å². The summed E-state index contributed by atoms with van der Waals surface area (Å²) < 4.78 is 18.2. The zero-order valence-electron chi connectivity index (χ0n) is 11.7. The lowest BCUT2D eigenvalue weighted by atomic mass is 9.95. The summed E-state index contributed by atoms with van der Waals surface area (Å²) in [4.78, 5) is 0. The minimum absolute atomic E-state index is 0.220. The van der Waals surface area contributed by atoms with Gasteiger partial charge in [-0.15, -0.1) is 0 Å². The van der Waals surface area contributed by atoms with Crippen LogP contribution in [0.15, 0.2) is 18.2 Å². The van der Waals surface area contributed by atoms with Crippen molar-refractivity contribution in [1.29, 1.82) is 0 Å². The molecule has 0 saturated heterocycles. The largest absolute Gasteiger partial charge is 0.383 e. The summed E-state index contributed by atoms with van der Waals surface area (Å²) in [6, 6.07) is 4.57. The van der Waals surface area contributed by atoms with Crippen LogP contribution < -0.4 is 5.32 Å². The summed E-state index contributed by atoms with van der Waals surface area (Å²) in [7, 11) is 1.69. The number of rotatable bonds is 9. The molecule has 1 atom stereocenters. The standard InChI is InChI=1S/C15H23ClFNO/c1-3-4-12(11-18-7-8-19-2)9-13-10-14(17)5-6-15(13)16/h5-6,10,12,18H,3-4,7-9,11H2,1-2H3. The summed E-state index contributed by atoms with van der Waals surface area (Å²) in [5, 5.41) is 4.02. The Morgan fingerprint density at radius 3 is 2.89 bits per heavy atom. The van der Waals surface area contributed by atoms with Gasteiger partial charge >= 0.3 is 0 Å². The fraction of sp³-hybridized carbons (Fsp3) is 0.600. The molecule has 4 heteroatoms. The van der Waals surface area contributed by atoms with Crippen LogP contribution in [0.25, 0.3) is 0 Å². The molecule has 0 heterocycles. The third kappa shape index (κ3) is 6.37. The molecule has 0 spiro atoms. The highest BCUT2D eigenvalue weighted by molar-refractivity contribution is 6.31. The van der Waals surface area contributed by atoms with Crippen molar-refractivity contribution in [1.82, 2.24) is 5.32 Å². The van der Waals surface area contributed by atoms with Crippen LogP contribution in [0, 0.1) is 11.7 Å². The molecule has 0 fully saturated rings. The summed E-state index contributed by atoms with van der Waals surface area (Å²) in [6.45, 7) is 4.62. The van der Waals surface area contributed by atoms with Crippen LogP contribution >= 0.6 is 11.6 Å². The van der Waals surface area contributed by atoms with Crippen molar-refractivity contribution in [2.75, 3.05) is 26.8 Å². The first-order valence-electron chi connectivity index (χ1n) is 6.81. The SMILES string of the molecule is CCCC(CNCCOC)Cc1cc(F)ccc1Cl. The van der Waals surface area contributed by atoms with E-state index >= 15 is 0 Å². The molecule has 0 amide bonds. The number of nitrogens with one attached hydrogen (secondary N) is 1. The lowest BCUT2D eigenvalue weighted by Gasteiger charge is -2.18. The minimum Gasteiger partial charge on any atom is -0.383 e. The molecular formula is C15H23ClFNO. The maximum atomic E-state index is 13.2. The second-order valence-corrected chi connectivity index (χ2v) is 5.20. The van der Waals surface area contributed by atoms with Crippen molar-refractivity contribution in [2.45, 2.75) is 26.2 Å². The topological polar surface area (TPSA) is 21.3 Å². The van der Waals surface area contributed by atoms with Crippen LogP contribution in [0.4, 0.5) is 4.39 Å². The first-order valence-corrected chi connectivity index (χ1v) is 7.18. The Kier molecular flexibility index (Phi) is 8.03. The van der Waals surface area contributed by atoms with Crippen molar-refractivity contribution in [3.05, 3.63) is 34.6 Å². The molecule has 19 heavy (non-hydrogen) atoms. The Balaban J connectivity index is 2.54. The molecule has 108 valence electrons. The normalized spacial score (nSPS) is 12.6. The molecule has 0 aliphatic rings. The van der Waals surface area contributed by atoms with E-state index in [-0.39, 0.29) is 5.82 Å². The second-order valence-electron chi connectivity index (χ2n) is 4.79. The molecule has 0 bridgehead atoms. The highest BCUT2D eigenvalue weighted by Crippen LogP contribution is 2.22. The highest BCUT2D eigenvalue weighted by atomic mass is 35.5. The number of hydrogen-bond donors (Lipinski definition) is 1. The van der Waals surface area contributed by atoms with Crippen molar-refractivity contribution in [3.8, 4) is 0 Å². The molecule has 0 aliphatic carbocycles. The van der Waals surface area contributed by atoms with Crippen LogP contribution in [0.1, 0.15) is 25.3 Å². The van der Waals surface area contributed by atoms with Crippen molar-refractivity contribution in [2.24, 2.45) is 5.92 Å². The Hall–Kier alpha value is -0.640. The number of benzene rings is 1. The van der Waals surface area contributed by atoms with Crippen LogP contribution in [0.5, 0.6) is 0 Å². The van der Waals surface area contributed by atoms with Crippen molar-refractivity contribution in [3.63, 3.8) is 0 Å². The maximum Gasteiger partial charge on any atom is 0.123 e. The average molecular weight is 288 g/mol. The van der Waals surface area contributed by atoms with Gasteiger partial charge in [-0.1, -0.05) is 24.9 Å². The Labute approximate surface area is 120 Å². The Morgan fingerprint density at radius 2 is 2.21 bits per heavy atom. The summed E-state index contributed by atoms with van der Waals surface area (Å²) in [5.74, 6) is 0.253. The minimum atomic E-state index is -0.220. The summed E-state index contributed by atoms with van der Waals surface area (Å²) in [5.41, 5.74) is 0.897. The third-order valence-electron chi connectivity index (χ3n) is 3.13. The van der Waals surface area contributed by atoms with E-state index < -0.39 is 0 Å². The van der Waals surface area contributed by atoms with E-state index in [1.165, 1.54) is 6.07 Å². The maximum absolute atomic E-state index is 13.2. The summed E-state index contributed by atoms with van der Waals surface area (Å²) >= 11 is 6.12. The van der Waals surface area contributed by atoms with E-state index in [4.69, 9.17) is 16.3 Å². The van der Waals surface area contributed by atoms with Gasteiger partial charge in [-0.05, 0) is 49.1 Å². The molecule has 1 rings (SSSR count). The van der Waals surface area contributed by atoms with Crippen LogP contribution in [0.3, 0.4) is 0 Å². The molecule has 1 aromatic carbocycles. The van der Waals surface area contributed by atoms with E-state index in [2.05, 4.69) is 12.2 Å². The van der Waals surface area contributed by atoms with Gasteiger partial charge in [0, 0.05) is 18.7 Å². The first kappa shape index (κ1) is 16.4. The Morgan fingerprint density at radius 1 is 1.42 bits per heavy atom. The van der Waals surface area contributed by atoms with E-state index in [0.29, 0.717) is 17.5 Å². The molecule has 0 saturated carbocycles. The predicted molar refractivity (Wildman–Crippen MR) is 78.3 cm³/mol. The van der Waals surface area contributed by atoms with Crippen LogP contribution in [-0.4, -0.2) is 26.8 Å². The van der Waals surface area contributed by atoms with Gasteiger partial charge < -0.3 is 10.1 Å². The average Bonchev–Trinajstić information content (AvgIpc) is 2.39. The van der Waals surface area contributed by atoms with E-state index in [9.17, 15) is 4.39 Å². The van der Waals surface area contributed by atoms with Gasteiger partial charge in [0.2, 0.25) is 0 Å². The van der Waals surface area contributed by atoms with Gasteiger partial charge in [-0.3, -0.25) is 0 Å². The first-order chi connectivity index (χ1) is 9.17. The lowest BCUT2D eigenvalue weighted by molar-refractivity contribution is 0.197. The second kappa shape index (κ2) is 9.29.